The summed E-state index contributed by atoms with van der Waals surface area (Å²) in [5.41, 5.74) is 2.32. The number of nitrogens with one attached hydrogen (secondary N) is 1. The predicted octanol–water partition coefficient (Wildman–Crippen LogP) is 4.53. The number of carbonyl (C=O) groups is 2. The van der Waals surface area contributed by atoms with Crippen LogP contribution in [0, 0.1) is 11.8 Å². The van der Waals surface area contributed by atoms with Gasteiger partial charge < -0.3 is 15.0 Å². The van der Waals surface area contributed by atoms with Crippen LogP contribution in [-0.4, -0.2) is 36.9 Å². The minimum Gasteiger partial charge on any atom is -0.497 e. The van der Waals surface area contributed by atoms with Crippen molar-refractivity contribution >= 4 is 17.5 Å². The summed E-state index contributed by atoms with van der Waals surface area (Å²) in [6.07, 6.45) is 6.66. The fourth-order valence-corrected chi connectivity index (χ4v) is 4.80. The van der Waals surface area contributed by atoms with Crippen molar-refractivity contribution < 1.29 is 14.3 Å². The number of benzene rings is 2. The third kappa shape index (κ3) is 4.84. The highest BCUT2D eigenvalue weighted by atomic mass is 16.5. The number of piperidine rings is 1. The maximum absolute atomic E-state index is 12.9. The second-order valence-electron chi connectivity index (χ2n) is 8.49. The molecule has 2 fully saturated rings. The summed E-state index contributed by atoms with van der Waals surface area (Å²) in [7, 11) is 1.62. The van der Waals surface area contributed by atoms with Gasteiger partial charge >= 0.3 is 0 Å². The first-order chi connectivity index (χ1) is 14.6. The van der Waals surface area contributed by atoms with Gasteiger partial charge in [-0.2, -0.15) is 0 Å². The van der Waals surface area contributed by atoms with Gasteiger partial charge in [-0.25, -0.2) is 0 Å². The van der Waals surface area contributed by atoms with E-state index in [0.717, 1.165) is 36.7 Å². The zero-order valence-corrected chi connectivity index (χ0v) is 17.6. The second-order valence-corrected chi connectivity index (χ2v) is 8.49. The third-order valence-corrected chi connectivity index (χ3v) is 6.52. The van der Waals surface area contributed by atoms with Crippen molar-refractivity contribution in [3.63, 3.8) is 0 Å². The summed E-state index contributed by atoms with van der Waals surface area (Å²) in [6.45, 7) is 1.75. The average molecular weight is 407 g/mol. The Bertz CT molecular complexity index is 876. The molecule has 1 N–H and O–H groups in total. The van der Waals surface area contributed by atoms with Crippen LogP contribution in [0.3, 0.4) is 0 Å². The first-order valence-electron chi connectivity index (χ1n) is 10.9. The van der Waals surface area contributed by atoms with E-state index in [2.05, 4.69) is 5.32 Å². The number of anilines is 1. The molecular weight excluding hydrogens is 376 g/mol. The van der Waals surface area contributed by atoms with Crippen molar-refractivity contribution in [3.05, 3.63) is 59.7 Å². The Balaban J connectivity index is 1.31. The smallest absolute Gasteiger partial charge is 0.253 e. The minimum absolute atomic E-state index is 0.0846. The first kappa shape index (κ1) is 20.5. The maximum atomic E-state index is 12.9. The quantitative estimate of drug-likeness (QED) is 0.794. The van der Waals surface area contributed by atoms with Gasteiger partial charge in [-0.15, -0.1) is 0 Å². The number of ether oxygens (including phenoxy) is 1. The molecule has 1 aliphatic heterocycles. The molecule has 2 aliphatic rings. The molecule has 0 radical (unpaired) electrons. The number of carbonyl (C=O) groups excluding carboxylic acids is 2. The third-order valence-electron chi connectivity index (χ3n) is 6.52. The Kier molecular flexibility index (Phi) is 6.36. The molecule has 30 heavy (non-hydrogen) atoms. The van der Waals surface area contributed by atoms with Crippen LogP contribution < -0.4 is 10.1 Å². The first-order valence-corrected chi connectivity index (χ1v) is 10.9. The highest BCUT2D eigenvalue weighted by molar-refractivity contribution is 5.96. The number of fused-ring (bicyclic) bond motifs is 1. The van der Waals surface area contributed by atoms with Crippen molar-refractivity contribution in [2.24, 2.45) is 11.8 Å². The molecule has 5 heteroatoms. The molecule has 0 spiro atoms. The summed E-state index contributed by atoms with van der Waals surface area (Å²) in [6, 6.07) is 14.7. The van der Waals surface area contributed by atoms with Gasteiger partial charge in [0.25, 0.3) is 5.91 Å². The number of amides is 2. The zero-order chi connectivity index (χ0) is 20.9. The number of rotatable bonds is 5. The van der Waals surface area contributed by atoms with Crippen LogP contribution in [0.15, 0.2) is 48.5 Å². The number of hydrogen-bond acceptors (Lipinski definition) is 3. The molecule has 0 bridgehead atoms. The summed E-state index contributed by atoms with van der Waals surface area (Å²) in [5, 5.41) is 2.91. The number of methoxy groups -OCH3 is 1. The molecule has 2 amide bonds. The van der Waals surface area contributed by atoms with E-state index < -0.39 is 0 Å². The molecule has 158 valence electrons. The second kappa shape index (κ2) is 9.33. The SMILES string of the molecule is COc1ccc(CC(=O)Nc2ccc(C(=O)N3CC[C@H]4CCCC[C@H]4C3)cc2)cc1. The Morgan fingerprint density at radius 3 is 2.37 bits per heavy atom. The Hall–Kier alpha value is -2.82. The van der Waals surface area contributed by atoms with Crippen LogP contribution >= 0.6 is 0 Å². The molecule has 1 saturated heterocycles. The highest BCUT2D eigenvalue weighted by Crippen LogP contribution is 2.36. The van der Waals surface area contributed by atoms with Crippen molar-refractivity contribution in [1.29, 1.82) is 0 Å². The lowest BCUT2D eigenvalue weighted by molar-refractivity contribution is -0.115. The molecule has 2 atom stereocenters. The molecule has 4 rings (SSSR count). The monoisotopic (exact) mass is 406 g/mol. The number of likely N-dealkylation sites (tertiary alicyclic amines) is 1. The van der Waals surface area contributed by atoms with Crippen LogP contribution in [0.4, 0.5) is 5.69 Å². The van der Waals surface area contributed by atoms with E-state index in [9.17, 15) is 9.59 Å². The van der Waals surface area contributed by atoms with Gasteiger partial charge in [0.2, 0.25) is 5.91 Å². The van der Waals surface area contributed by atoms with Crippen molar-refractivity contribution in [3.8, 4) is 5.75 Å². The fourth-order valence-electron chi connectivity index (χ4n) is 4.80. The predicted molar refractivity (Wildman–Crippen MR) is 118 cm³/mol. The Morgan fingerprint density at radius 1 is 0.967 bits per heavy atom. The van der Waals surface area contributed by atoms with Gasteiger partial charge in [-0.1, -0.05) is 31.4 Å². The van der Waals surface area contributed by atoms with Crippen LogP contribution in [0.2, 0.25) is 0 Å². The lowest BCUT2D eigenvalue weighted by Crippen LogP contribution is -2.44. The van der Waals surface area contributed by atoms with Crippen LogP contribution in [0.25, 0.3) is 0 Å². The van der Waals surface area contributed by atoms with E-state index in [0.29, 0.717) is 23.6 Å². The molecule has 2 aromatic rings. The summed E-state index contributed by atoms with van der Waals surface area (Å²) in [4.78, 5) is 27.3. The van der Waals surface area contributed by atoms with E-state index in [1.165, 1.54) is 25.7 Å². The van der Waals surface area contributed by atoms with Gasteiger partial charge in [0.05, 0.1) is 13.5 Å². The molecular formula is C25H30N2O3. The topological polar surface area (TPSA) is 58.6 Å². The average Bonchev–Trinajstić information content (AvgIpc) is 2.79. The van der Waals surface area contributed by atoms with E-state index in [1.54, 1.807) is 7.11 Å². The highest BCUT2D eigenvalue weighted by Gasteiger charge is 2.33. The largest absolute Gasteiger partial charge is 0.497 e. The van der Waals surface area contributed by atoms with Crippen molar-refractivity contribution in [1.82, 2.24) is 4.90 Å². The zero-order valence-electron chi connectivity index (χ0n) is 17.6. The molecule has 2 aromatic carbocycles. The van der Waals surface area contributed by atoms with Gasteiger partial charge in [-0.3, -0.25) is 9.59 Å². The lowest BCUT2D eigenvalue weighted by Gasteiger charge is -2.41. The molecule has 5 nitrogen and oxygen atoms in total. The standard InChI is InChI=1S/C25H30N2O3/c1-30-23-12-6-18(7-13-23)16-24(28)26-22-10-8-20(9-11-22)25(29)27-15-14-19-4-2-3-5-21(19)17-27/h6-13,19,21H,2-5,14-17H2,1H3,(H,26,28)/t19-,21+/m1/s1. The van der Waals surface area contributed by atoms with Crippen LogP contribution in [0.1, 0.15) is 48.0 Å². The van der Waals surface area contributed by atoms with Gasteiger partial charge in [0.1, 0.15) is 5.75 Å². The number of hydrogen-bond donors (Lipinski definition) is 1. The summed E-state index contributed by atoms with van der Waals surface area (Å²) in [5.74, 6) is 2.28. The van der Waals surface area contributed by atoms with Crippen molar-refractivity contribution in [2.45, 2.75) is 38.5 Å². The fraction of sp³-hybridized carbons (Fsp3) is 0.440. The number of nitrogens with zero attached hydrogens (tertiary/aromatic N) is 1. The Morgan fingerprint density at radius 2 is 1.67 bits per heavy atom. The summed E-state index contributed by atoms with van der Waals surface area (Å²) >= 11 is 0. The molecule has 1 heterocycles. The van der Waals surface area contributed by atoms with Gasteiger partial charge in [-0.05, 0) is 66.6 Å². The Labute approximate surface area is 178 Å². The molecule has 1 aliphatic carbocycles. The van der Waals surface area contributed by atoms with E-state index >= 15 is 0 Å². The van der Waals surface area contributed by atoms with E-state index in [1.807, 2.05) is 53.4 Å². The molecule has 0 aromatic heterocycles. The van der Waals surface area contributed by atoms with Gasteiger partial charge in [0, 0.05) is 24.3 Å². The molecule has 1 saturated carbocycles. The van der Waals surface area contributed by atoms with Gasteiger partial charge in [0.15, 0.2) is 0 Å². The van der Waals surface area contributed by atoms with Crippen LogP contribution in [-0.2, 0) is 11.2 Å². The van der Waals surface area contributed by atoms with Crippen molar-refractivity contribution in [2.75, 3.05) is 25.5 Å². The lowest BCUT2D eigenvalue weighted by atomic mass is 9.75. The normalized spacial score (nSPS) is 20.9. The summed E-state index contributed by atoms with van der Waals surface area (Å²) < 4.78 is 5.14. The molecule has 0 unspecified atom stereocenters. The van der Waals surface area contributed by atoms with Crippen LogP contribution in [0.5, 0.6) is 5.75 Å². The minimum atomic E-state index is -0.0846. The maximum Gasteiger partial charge on any atom is 0.253 e. The van der Waals surface area contributed by atoms with E-state index in [4.69, 9.17) is 4.74 Å². The van der Waals surface area contributed by atoms with E-state index in [-0.39, 0.29) is 11.8 Å².